The van der Waals surface area contributed by atoms with Gasteiger partial charge in [0.25, 0.3) is 0 Å². The fraction of sp³-hybridized carbons (Fsp3) is 0.360. The van der Waals surface area contributed by atoms with Crippen LogP contribution < -0.4 is 20.8 Å². The third-order valence-electron chi connectivity index (χ3n) is 6.03. The molecule has 11 heteroatoms. The number of aliphatic hydroxyl groups excluding tert-OH is 1. The number of nitrogens with zero attached hydrogens (tertiary/aromatic N) is 4. The summed E-state index contributed by atoms with van der Waals surface area (Å²) >= 11 is 0. The molecule has 2 aromatic heterocycles. The molecule has 0 bridgehead atoms. The minimum absolute atomic E-state index is 0.0464. The highest BCUT2D eigenvalue weighted by molar-refractivity contribution is 7.69. The zero-order valence-corrected chi connectivity index (χ0v) is 21.6. The molecule has 188 valence electrons. The molecule has 0 fully saturated rings. The van der Waals surface area contributed by atoms with Gasteiger partial charge in [0.05, 0.1) is 30.2 Å². The largest absolute Gasteiger partial charge is 0.474 e. The van der Waals surface area contributed by atoms with Gasteiger partial charge in [0.15, 0.2) is 0 Å². The molecule has 1 atom stereocenters. The number of nitrogens with one attached hydrogen (secondary N) is 2. The summed E-state index contributed by atoms with van der Waals surface area (Å²) in [5.74, 6) is 0.577. The molecule has 1 aliphatic heterocycles. The minimum Gasteiger partial charge on any atom is -0.474 e. The van der Waals surface area contributed by atoms with E-state index in [0.29, 0.717) is 41.5 Å². The first-order chi connectivity index (χ1) is 17.2. The van der Waals surface area contributed by atoms with E-state index in [-0.39, 0.29) is 19.1 Å². The van der Waals surface area contributed by atoms with Gasteiger partial charge in [-0.2, -0.15) is 5.26 Å². The number of hydrogen-bond donors (Lipinski definition) is 3. The van der Waals surface area contributed by atoms with E-state index in [1.165, 1.54) is 0 Å². The molecule has 3 N–H and O–H groups in total. The van der Waals surface area contributed by atoms with E-state index < -0.39 is 12.6 Å². The first-order valence-electron chi connectivity index (χ1n) is 11.4. The van der Waals surface area contributed by atoms with Crippen molar-refractivity contribution in [2.24, 2.45) is 0 Å². The number of ether oxygens (including phenoxy) is 2. The molecule has 0 unspecified atom stereocenters. The second-order valence-corrected chi connectivity index (χ2v) is 12.4. The van der Waals surface area contributed by atoms with Crippen LogP contribution in [0.4, 0.5) is 17.3 Å². The average molecular weight is 509 g/mol. The van der Waals surface area contributed by atoms with Gasteiger partial charge in [0, 0.05) is 30.8 Å². The number of rotatable bonds is 9. The van der Waals surface area contributed by atoms with Gasteiger partial charge in [-0.1, -0.05) is 6.92 Å². The molecule has 1 aliphatic rings. The van der Waals surface area contributed by atoms with E-state index in [9.17, 15) is 14.9 Å². The van der Waals surface area contributed by atoms with Crippen LogP contribution in [0.3, 0.4) is 0 Å². The summed E-state index contributed by atoms with van der Waals surface area (Å²) in [5, 5.41) is 26.1. The van der Waals surface area contributed by atoms with Crippen LogP contribution >= 0.6 is 7.14 Å². The highest BCUT2D eigenvalue weighted by atomic mass is 31.2. The van der Waals surface area contributed by atoms with Crippen LogP contribution in [0.5, 0.6) is 5.88 Å². The molecule has 4 rings (SSSR count). The molecule has 10 nitrogen and oxygen atoms in total. The molecular formula is C25H29N6O4P. The lowest BCUT2D eigenvalue weighted by Crippen LogP contribution is -2.28. The van der Waals surface area contributed by atoms with E-state index in [1.54, 1.807) is 50.9 Å². The van der Waals surface area contributed by atoms with Gasteiger partial charge in [0.2, 0.25) is 11.8 Å². The van der Waals surface area contributed by atoms with Gasteiger partial charge in [-0.15, -0.1) is 0 Å². The van der Waals surface area contributed by atoms with E-state index in [0.717, 1.165) is 16.8 Å². The third-order valence-corrected chi connectivity index (χ3v) is 7.39. The smallest absolute Gasteiger partial charge is 0.238 e. The van der Waals surface area contributed by atoms with Gasteiger partial charge in [-0.05, 0) is 49.2 Å². The average Bonchev–Trinajstić information content (AvgIpc) is 3.21. The van der Waals surface area contributed by atoms with Crippen molar-refractivity contribution < 1.29 is 19.1 Å². The standard InChI is InChI=1S/C25H29N6O4P/c1-25(15-32)14-28-22-17(13-26)11-16(12-18(22)25)19-7-8-27-24(29-19)30-20-5-6-21(36(3,4)33)31-23(20)35-10-9-34-2/h5-8,11-12,28,32H,9-10,14-15H2,1-4H3,(H,27,29,30)/t25-/m1/s1. The summed E-state index contributed by atoms with van der Waals surface area (Å²) < 4.78 is 23.4. The molecular weight excluding hydrogens is 479 g/mol. The quantitative estimate of drug-likeness (QED) is 0.291. The normalized spacial score (nSPS) is 16.7. The molecule has 0 amide bonds. The predicted molar refractivity (Wildman–Crippen MR) is 139 cm³/mol. The second-order valence-electron chi connectivity index (χ2n) is 9.24. The topological polar surface area (TPSA) is 142 Å². The van der Waals surface area contributed by atoms with Gasteiger partial charge < -0.3 is 29.8 Å². The van der Waals surface area contributed by atoms with Crippen molar-refractivity contribution >= 4 is 29.9 Å². The summed E-state index contributed by atoms with van der Waals surface area (Å²) in [5.41, 5.74) is 3.94. The molecule has 3 heterocycles. The number of anilines is 3. The Morgan fingerprint density at radius 3 is 2.75 bits per heavy atom. The Kier molecular flexibility index (Phi) is 7.27. The molecule has 3 aromatic rings. The van der Waals surface area contributed by atoms with E-state index >= 15 is 0 Å². The Labute approximate surface area is 210 Å². The summed E-state index contributed by atoms with van der Waals surface area (Å²) in [6.07, 6.45) is 1.62. The fourth-order valence-electron chi connectivity index (χ4n) is 3.92. The molecule has 1 aromatic carbocycles. The van der Waals surface area contributed by atoms with E-state index in [1.807, 2.05) is 13.0 Å². The van der Waals surface area contributed by atoms with Crippen molar-refractivity contribution in [3.05, 3.63) is 47.7 Å². The van der Waals surface area contributed by atoms with Crippen LogP contribution in [-0.4, -0.2) is 66.9 Å². The van der Waals surface area contributed by atoms with Crippen LogP contribution in [0, 0.1) is 11.3 Å². The van der Waals surface area contributed by atoms with Gasteiger partial charge in [-0.3, -0.25) is 0 Å². The highest BCUT2D eigenvalue weighted by Crippen LogP contribution is 2.41. The molecule has 36 heavy (non-hydrogen) atoms. The summed E-state index contributed by atoms with van der Waals surface area (Å²) in [6.45, 7) is 6.39. The van der Waals surface area contributed by atoms with Crippen molar-refractivity contribution in [1.29, 1.82) is 5.26 Å². The summed E-state index contributed by atoms with van der Waals surface area (Å²) in [4.78, 5) is 13.4. The lowest BCUT2D eigenvalue weighted by atomic mass is 9.83. The molecule has 0 radical (unpaired) electrons. The van der Waals surface area contributed by atoms with Gasteiger partial charge in [-0.25, -0.2) is 15.0 Å². The number of benzene rings is 1. The van der Waals surface area contributed by atoms with Crippen LogP contribution in [-0.2, 0) is 14.7 Å². The van der Waals surface area contributed by atoms with Crippen molar-refractivity contribution in [3.8, 4) is 23.2 Å². The zero-order chi connectivity index (χ0) is 25.9. The maximum Gasteiger partial charge on any atom is 0.238 e. The van der Waals surface area contributed by atoms with Gasteiger partial charge in [0.1, 0.15) is 30.9 Å². The number of fused-ring (bicyclic) bond motifs is 1. The van der Waals surface area contributed by atoms with E-state index in [4.69, 9.17) is 9.47 Å². The minimum atomic E-state index is -2.59. The summed E-state index contributed by atoms with van der Waals surface area (Å²) in [7, 11) is -1.02. The number of aliphatic hydroxyl groups is 1. The number of nitriles is 1. The molecule has 0 spiro atoms. The van der Waals surface area contributed by atoms with Crippen LogP contribution in [0.1, 0.15) is 18.1 Å². The molecule has 0 saturated heterocycles. The van der Waals surface area contributed by atoms with Crippen LogP contribution in [0.2, 0.25) is 0 Å². The second kappa shape index (κ2) is 10.2. The maximum absolute atomic E-state index is 12.5. The lowest BCUT2D eigenvalue weighted by molar-refractivity contribution is 0.144. The van der Waals surface area contributed by atoms with Crippen LogP contribution in [0.15, 0.2) is 36.5 Å². The fourth-order valence-corrected chi connectivity index (χ4v) is 4.69. The van der Waals surface area contributed by atoms with Gasteiger partial charge >= 0.3 is 0 Å². The van der Waals surface area contributed by atoms with Crippen molar-refractivity contribution in [3.63, 3.8) is 0 Å². The Morgan fingerprint density at radius 1 is 1.25 bits per heavy atom. The lowest BCUT2D eigenvalue weighted by Gasteiger charge is -2.21. The van der Waals surface area contributed by atoms with Crippen LogP contribution in [0.25, 0.3) is 11.3 Å². The van der Waals surface area contributed by atoms with Crippen molar-refractivity contribution in [1.82, 2.24) is 15.0 Å². The first-order valence-corrected chi connectivity index (χ1v) is 14.0. The number of methoxy groups -OCH3 is 1. The Hall–Kier alpha value is -3.51. The van der Waals surface area contributed by atoms with Crippen molar-refractivity contribution in [2.45, 2.75) is 12.3 Å². The number of hydrogen-bond acceptors (Lipinski definition) is 10. The summed E-state index contributed by atoms with van der Waals surface area (Å²) in [6, 6.07) is 11.2. The third kappa shape index (κ3) is 5.19. The SMILES string of the molecule is COCCOc1nc(P(C)(C)=O)ccc1Nc1nccc(-c2cc(C#N)c3c(c2)[C@@](C)(CO)CN3)n1. The van der Waals surface area contributed by atoms with E-state index in [2.05, 4.69) is 31.7 Å². The zero-order valence-electron chi connectivity index (χ0n) is 20.7. The Balaban J connectivity index is 1.69. The Morgan fingerprint density at radius 2 is 2.06 bits per heavy atom. The van der Waals surface area contributed by atoms with Crippen molar-refractivity contribution in [2.75, 3.05) is 57.4 Å². The maximum atomic E-state index is 12.5. The first kappa shape index (κ1) is 25.6. The molecule has 0 aliphatic carbocycles. The number of pyridine rings is 1. The molecule has 0 saturated carbocycles. The predicted octanol–water partition coefficient (Wildman–Crippen LogP) is 3.10. The highest BCUT2D eigenvalue weighted by Gasteiger charge is 2.36. The Bertz CT molecular complexity index is 1370. The number of aromatic nitrogens is 3. The monoisotopic (exact) mass is 508 g/mol.